The Morgan fingerprint density at radius 2 is 1.59 bits per heavy atom. The Morgan fingerprint density at radius 3 is 2.09 bits per heavy atom. The van der Waals surface area contributed by atoms with E-state index in [4.69, 9.17) is 4.74 Å². The van der Waals surface area contributed by atoms with E-state index in [2.05, 4.69) is 5.87 Å². The first-order chi connectivity index (χ1) is 14.4. The molecule has 0 spiro atoms. The van der Waals surface area contributed by atoms with Gasteiger partial charge in [-0.2, -0.15) is 39.5 Å². The van der Waals surface area contributed by atoms with Gasteiger partial charge in [0.05, 0.1) is 7.11 Å². The maximum absolute atomic E-state index is 14.4. The fraction of sp³-hybridized carbons (Fsp3) is 0.550. The number of rotatable bonds is 7. The molecule has 1 aliphatic rings. The second-order valence-electron chi connectivity index (χ2n) is 7.43. The fourth-order valence-electron chi connectivity index (χ4n) is 3.60. The number of methoxy groups -OCH3 is 1. The van der Waals surface area contributed by atoms with Gasteiger partial charge >= 0.3 is 23.3 Å². The van der Waals surface area contributed by atoms with E-state index < -0.39 is 38.6 Å². The fourth-order valence-corrected chi connectivity index (χ4v) is 5.26. The molecule has 0 amide bonds. The lowest BCUT2D eigenvalue weighted by Gasteiger charge is -2.35. The standard InChI is InChI=1S/C20H21F9O2S/c1-4-15-13(7-5-6-12-10-14(31-2)8-9-16(12)15)11-32(3,30)20(28,29)18(23,24)17(21,22)19(25,26)27/h8-10H,3-7,11H2,1-2H3. The molecular weight excluding hydrogens is 475 g/mol. The summed E-state index contributed by atoms with van der Waals surface area (Å²) in [7, 11) is -4.05. The van der Waals surface area contributed by atoms with E-state index in [1.807, 2.05) is 0 Å². The first kappa shape index (κ1) is 26.4. The predicted octanol–water partition coefficient (Wildman–Crippen LogP) is 6.34. The minimum Gasteiger partial charge on any atom is -0.497 e. The molecule has 1 aromatic rings. The average Bonchev–Trinajstić information content (AvgIpc) is 2.84. The number of alkyl halides is 9. The summed E-state index contributed by atoms with van der Waals surface area (Å²) < 4.78 is 138. The van der Waals surface area contributed by atoms with Crippen LogP contribution in [-0.2, 0) is 15.9 Å². The lowest BCUT2D eigenvalue weighted by molar-refractivity contribution is -0.381. The molecule has 0 N–H and O–H groups in total. The summed E-state index contributed by atoms with van der Waals surface area (Å²) in [5.41, 5.74) is 1.67. The monoisotopic (exact) mass is 496 g/mol. The van der Waals surface area contributed by atoms with Crippen LogP contribution < -0.4 is 4.74 Å². The lowest BCUT2D eigenvalue weighted by Crippen LogP contribution is -2.63. The van der Waals surface area contributed by atoms with Crippen LogP contribution in [0.4, 0.5) is 39.5 Å². The Balaban J connectivity index is 2.56. The molecule has 0 fully saturated rings. The SMILES string of the molecule is C=S(=O)(CC1=C(CC)c2ccc(OC)cc2CCC1)C(F)(F)C(F)(F)C(F)(F)C(F)(F)F. The summed E-state index contributed by atoms with van der Waals surface area (Å²) in [4.78, 5) is 0. The Morgan fingerprint density at radius 1 is 1.00 bits per heavy atom. The van der Waals surface area contributed by atoms with Crippen LogP contribution in [-0.4, -0.2) is 46.2 Å². The molecule has 0 aliphatic heterocycles. The molecule has 0 radical (unpaired) electrons. The smallest absolute Gasteiger partial charge is 0.460 e. The molecule has 0 aromatic heterocycles. The third-order valence-electron chi connectivity index (χ3n) is 5.33. The van der Waals surface area contributed by atoms with Gasteiger partial charge in [0.2, 0.25) is 0 Å². The van der Waals surface area contributed by atoms with Crippen molar-refractivity contribution in [1.82, 2.24) is 0 Å². The van der Waals surface area contributed by atoms with Gasteiger partial charge in [-0.1, -0.05) is 18.6 Å². The highest BCUT2D eigenvalue weighted by molar-refractivity contribution is 8.01. The molecular formula is C20H21F9O2S. The first-order valence-corrected chi connectivity index (χ1v) is 11.3. The summed E-state index contributed by atoms with van der Waals surface area (Å²) in [5, 5.41) is -6.24. The van der Waals surface area contributed by atoms with Crippen molar-refractivity contribution in [3.8, 4) is 5.75 Å². The van der Waals surface area contributed by atoms with Gasteiger partial charge in [0.1, 0.15) is 5.75 Å². The molecule has 32 heavy (non-hydrogen) atoms. The highest BCUT2D eigenvalue weighted by Gasteiger charge is 2.83. The number of halogens is 9. The predicted molar refractivity (Wildman–Crippen MR) is 104 cm³/mol. The van der Waals surface area contributed by atoms with E-state index >= 15 is 0 Å². The van der Waals surface area contributed by atoms with Crippen LogP contribution in [0.1, 0.15) is 37.3 Å². The molecule has 0 saturated heterocycles. The van der Waals surface area contributed by atoms with E-state index in [0.29, 0.717) is 29.7 Å². The lowest BCUT2D eigenvalue weighted by atomic mass is 9.95. The Bertz CT molecular complexity index is 993. The third kappa shape index (κ3) is 4.22. The molecule has 1 atom stereocenters. The van der Waals surface area contributed by atoms with Crippen LogP contribution in [0.3, 0.4) is 0 Å². The first-order valence-electron chi connectivity index (χ1n) is 9.37. The van der Waals surface area contributed by atoms with Crippen molar-refractivity contribution >= 4 is 21.0 Å². The Hall–Kier alpha value is -1.85. The van der Waals surface area contributed by atoms with Gasteiger partial charge in [-0.3, -0.25) is 4.21 Å². The van der Waals surface area contributed by atoms with Gasteiger partial charge in [0.15, 0.2) is 0 Å². The van der Waals surface area contributed by atoms with Crippen LogP contribution in [0, 0.1) is 0 Å². The van der Waals surface area contributed by atoms with Crippen LogP contribution in [0.15, 0.2) is 23.8 Å². The number of allylic oxidation sites excluding steroid dienone is 1. The Labute approximate surface area is 179 Å². The summed E-state index contributed by atoms with van der Waals surface area (Å²) in [5.74, 6) is -12.4. The number of fused-ring (bicyclic) bond motifs is 1. The summed E-state index contributed by atoms with van der Waals surface area (Å²) in [6, 6.07) is 4.83. The topological polar surface area (TPSA) is 26.3 Å². The van der Waals surface area contributed by atoms with Gasteiger partial charge in [-0.25, -0.2) is 0 Å². The molecule has 0 bridgehead atoms. The van der Waals surface area contributed by atoms with E-state index in [-0.39, 0.29) is 18.4 Å². The van der Waals surface area contributed by atoms with Gasteiger partial charge < -0.3 is 4.74 Å². The summed E-state index contributed by atoms with van der Waals surface area (Å²) in [6.07, 6.45) is -6.05. The number of aryl methyl sites for hydroxylation is 1. The molecule has 1 aromatic carbocycles. The molecule has 182 valence electrons. The summed E-state index contributed by atoms with van der Waals surface area (Å²) in [6.45, 7) is 1.62. The van der Waals surface area contributed by atoms with Gasteiger partial charge in [0.25, 0.3) is 0 Å². The molecule has 12 heteroatoms. The average molecular weight is 496 g/mol. The van der Waals surface area contributed by atoms with E-state index in [1.54, 1.807) is 25.1 Å². The molecule has 1 aliphatic carbocycles. The molecule has 0 saturated carbocycles. The maximum Gasteiger partial charge on any atom is 0.460 e. The van der Waals surface area contributed by atoms with E-state index in [1.165, 1.54) is 7.11 Å². The van der Waals surface area contributed by atoms with Crippen LogP contribution >= 0.6 is 0 Å². The minimum absolute atomic E-state index is 0.00205. The van der Waals surface area contributed by atoms with Crippen molar-refractivity contribution in [2.75, 3.05) is 12.9 Å². The number of benzene rings is 1. The molecule has 1 unspecified atom stereocenters. The molecule has 2 nitrogen and oxygen atoms in total. The van der Waals surface area contributed by atoms with Crippen LogP contribution in [0.5, 0.6) is 5.75 Å². The van der Waals surface area contributed by atoms with Crippen molar-refractivity contribution in [3.63, 3.8) is 0 Å². The minimum atomic E-state index is -7.11. The van der Waals surface area contributed by atoms with Gasteiger partial charge in [-0.15, -0.1) is 0 Å². The van der Waals surface area contributed by atoms with Crippen molar-refractivity contribution < 1.29 is 48.5 Å². The highest BCUT2D eigenvalue weighted by atomic mass is 32.2. The normalized spacial score (nSPS) is 18.1. The van der Waals surface area contributed by atoms with Gasteiger partial charge in [0, 0.05) is 15.3 Å². The number of hydrogen-bond donors (Lipinski definition) is 0. The van der Waals surface area contributed by atoms with Crippen molar-refractivity contribution in [2.45, 2.75) is 55.9 Å². The van der Waals surface area contributed by atoms with Crippen molar-refractivity contribution in [1.29, 1.82) is 0 Å². The van der Waals surface area contributed by atoms with E-state index in [9.17, 15) is 43.7 Å². The van der Waals surface area contributed by atoms with Crippen molar-refractivity contribution in [3.05, 3.63) is 34.9 Å². The zero-order valence-electron chi connectivity index (χ0n) is 17.1. The zero-order chi connectivity index (χ0) is 24.8. The second-order valence-corrected chi connectivity index (χ2v) is 9.86. The quantitative estimate of drug-likeness (QED) is 0.326. The molecule has 2 rings (SSSR count). The Kier molecular flexibility index (Phi) is 7.01. The maximum atomic E-state index is 14.4. The van der Waals surface area contributed by atoms with Crippen LogP contribution in [0.25, 0.3) is 5.57 Å². The highest BCUT2D eigenvalue weighted by Crippen LogP contribution is 2.55. The largest absolute Gasteiger partial charge is 0.497 e. The van der Waals surface area contributed by atoms with Gasteiger partial charge in [-0.05, 0) is 60.4 Å². The molecule has 0 heterocycles. The number of ether oxygens (including phenoxy) is 1. The summed E-state index contributed by atoms with van der Waals surface area (Å²) >= 11 is 0. The van der Waals surface area contributed by atoms with Crippen LogP contribution in [0.2, 0.25) is 0 Å². The second kappa shape index (κ2) is 8.49. The van der Waals surface area contributed by atoms with Crippen molar-refractivity contribution in [2.24, 2.45) is 0 Å². The zero-order valence-corrected chi connectivity index (χ0v) is 17.9. The van der Waals surface area contributed by atoms with E-state index in [0.717, 1.165) is 5.56 Å². The number of hydrogen-bond acceptors (Lipinski definition) is 2. The third-order valence-corrected chi connectivity index (χ3v) is 7.34.